The van der Waals surface area contributed by atoms with E-state index in [1.165, 1.54) is 7.11 Å². The lowest BCUT2D eigenvalue weighted by atomic mass is 10.1. The van der Waals surface area contributed by atoms with E-state index in [0.29, 0.717) is 29.5 Å². The Balaban J connectivity index is 1.66. The lowest BCUT2D eigenvalue weighted by molar-refractivity contribution is 0.0589. The first-order chi connectivity index (χ1) is 14.6. The van der Waals surface area contributed by atoms with Crippen LogP contribution < -0.4 is 0 Å². The summed E-state index contributed by atoms with van der Waals surface area (Å²) in [4.78, 5) is 17.2. The zero-order valence-electron chi connectivity index (χ0n) is 16.9. The first-order valence-corrected chi connectivity index (χ1v) is 9.68. The van der Waals surface area contributed by atoms with Crippen LogP contribution in [0.15, 0.2) is 63.4 Å². The molecule has 2 aromatic carbocycles. The number of hydrogen-bond donors (Lipinski definition) is 0. The third-order valence-corrected chi connectivity index (χ3v) is 5.39. The van der Waals surface area contributed by atoms with E-state index in [-0.39, 0.29) is 0 Å². The van der Waals surface area contributed by atoms with Crippen LogP contribution in [-0.4, -0.2) is 22.6 Å². The molecule has 0 N–H and O–H groups in total. The minimum absolute atomic E-state index is 0.360. The molecule has 0 unspecified atom stereocenters. The van der Waals surface area contributed by atoms with Crippen LogP contribution in [0.2, 0.25) is 0 Å². The molecule has 0 radical (unpaired) electrons. The molecule has 5 rings (SSSR count). The van der Waals surface area contributed by atoms with E-state index in [9.17, 15) is 4.79 Å². The average molecular weight is 400 g/mol. The molecule has 0 saturated heterocycles. The predicted octanol–water partition coefficient (Wildman–Crippen LogP) is 5.49. The second-order valence-electron chi connectivity index (χ2n) is 7.26. The predicted molar refractivity (Wildman–Crippen MR) is 114 cm³/mol. The Morgan fingerprint density at radius 1 is 1.03 bits per heavy atom. The summed E-state index contributed by atoms with van der Waals surface area (Å²) >= 11 is 0. The van der Waals surface area contributed by atoms with Gasteiger partial charge in [-0.1, -0.05) is 30.3 Å². The second kappa shape index (κ2) is 6.91. The number of ether oxygens (including phenoxy) is 1. The molecule has 0 bridgehead atoms. The number of fused-ring (bicyclic) bond motifs is 3. The van der Waals surface area contributed by atoms with Crippen LogP contribution in [0, 0.1) is 13.8 Å². The molecule has 0 spiro atoms. The number of oxazole rings is 1. The highest BCUT2D eigenvalue weighted by Crippen LogP contribution is 2.33. The molecule has 6 nitrogen and oxygen atoms in total. The van der Waals surface area contributed by atoms with Crippen molar-refractivity contribution in [3.63, 3.8) is 0 Å². The number of aromatic nitrogens is 2. The maximum atomic E-state index is 12.5. The van der Waals surface area contributed by atoms with Crippen molar-refractivity contribution in [3.05, 3.63) is 77.3 Å². The number of methoxy groups -OCH3 is 1. The highest BCUT2D eigenvalue weighted by Gasteiger charge is 2.23. The van der Waals surface area contributed by atoms with Crippen molar-refractivity contribution < 1.29 is 18.4 Å². The molecule has 6 heteroatoms. The summed E-state index contributed by atoms with van der Waals surface area (Å²) in [5.41, 5.74) is 5.45. The van der Waals surface area contributed by atoms with Gasteiger partial charge in [-0.05, 0) is 37.6 Å². The molecule has 0 amide bonds. The Bertz CT molecular complexity index is 1400. The number of benzene rings is 2. The van der Waals surface area contributed by atoms with Crippen molar-refractivity contribution in [2.24, 2.45) is 0 Å². The first-order valence-electron chi connectivity index (χ1n) is 9.68. The molecular weight excluding hydrogens is 380 g/mol. The molecule has 0 saturated carbocycles. The van der Waals surface area contributed by atoms with Gasteiger partial charge in [0.1, 0.15) is 22.7 Å². The van der Waals surface area contributed by atoms with Crippen molar-refractivity contribution >= 4 is 28.0 Å². The number of carbonyl (C=O) groups is 1. The molecular formula is C24H20N2O4. The fourth-order valence-electron chi connectivity index (χ4n) is 3.84. The second-order valence-corrected chi connectivity index (χ2v) is 7.26. The minimum atomic E-state index is -0.425. The van der Waals surface area contributed by atoms with Gasteiger partial charge in [0.15, 0.2) is 5.58 Å². The minimum Gasteiger partial charge on any atom is -0.464 e. The fraction of sp³-hybridized carbons (Fsp3) is 0.167. The zero-order chi connectivity index (χ0) is 20.8. The van der Waals surface area contributed by atoms with Gasteiger partial charge in [-0.25, -0.2) is 9.78 Å². The van der Waals surface area contributed by atoms with Crippen molar-refractivity contribution in [3.8, 4) is 11.5 Å². The van der Waals surface area contributed by atoms with E-state index in [1.807, 2.05) is 66.9 Å². The number of furan rings is 1. The Hall–Kier alpha value is -3.80. The van der Waals surface area contributed by atoms with Gasteiger partial charge in [0, 0.05) is 17.0 Å². The first kappa shape index (κ1) is 18.2. The van der Waals surface area contributed by atoms with Crippen molar-refractivity contribution in [2.75, 3.05) is 7.11 Å². The molecule has 5 aromatic rings. The molecule has 0 aliphatic rings. The smallest absolute Gasteiger partial charge is 0.354 e. The van der Waals surface area contributed by atoms with Crippen molar-refractivity contribution in [1.82, 2.24) is 9.55 Å². The Morgan fingerprint density at radius 2 is 1.80 bits per heavy atom. The zero-order valence-corrected chi connectivity index (χ0v) is 16.9. The monoisotopic (exact) mass is 400 g/mol. The number of para-hydroxylation sites is 1. The summed E-state index contributed by atoms with van der Waals surface area (Å²) in [5, 5.41) is 0.933. The van der Waals surface area contributed by atoms with Crippen LogP contribution in [0.3, 0.4) is 0 Å². The van der Waals surface area contributed by atoms with E-state index in [1.54, 1.807) is 6.07 Å². The number of esters is 1. The van der Waals surface area contributed by atoms with Crippen LogP contribution in [0.25, 0.3) is 33.5 Å². The number of rotatable bonds is 4. The fourth-order valence-corrected chi connectivity index (χ4v) is 3.84. The Kier molecular flexibility index (Phi) is 4.20. The van der Waals surface area contributed by atoms with Gasteiger partial charge in [-0.3, -0.25) is 0 Å². The van der Waals surface area contributed by atoms with Crippen LogP contribution in [0.1, 0.15) is 27.5 Å². The summed E-state index contributed by atoms with van der Waals surface area (Å²) in [6.45, 7) is 4.27. The van der Waals surface area contributed by atoms with Crippen LogP contribution in [-0.2, 0) is 11.3 Å². The van der Waals surface area contributed by atoms with Gasteiger partial charge in [-0.2, -0.15) is 0 Å². The highest BCUT2D eigenvalue weighted by atomic mass is 16.5. The standard InChI is InChI=1S/C24H20N2O4/c1-14-8-4-5-9-16(14)23-25-18(15(2)29-23)13-26-19(24(27)28-3)12-21-22(26)17-10-6-7-11-20(17)30-21/h4-12H,13H2,1-3H3. The van der Waals surface area contributed by atoms with Crippen LogP contribution in [0.4, 0.5) is 0 Å². The summed E-state index contributed by atoms with van der Waals surface area (Å²) in [6.07, 6.45) is 0. The number of nitrogens with zero attached hydrogens (tertiary/aromatic N) is 2. The normalized spacial score (nSPS) is 11.4. The summed E-state index contributed by atoms with van der Waals surface area (Å²) in [6, 6.07) is 17.4. The Labute approximate surface area is 172 Å². The van der Waals surface area contributed by atoms with E-state index in [0.717, 1.165) is 33.3 Å². The largest absolute Gasteiger partial charge is 0.464 e. The van der Waals surface area contributed by atoms with Crippen LogP contribution in [0.5, 0.6) is 0 Å². The third-order valence-electron chi connectivity index (χ3n) is 5.39. The molecule has 3 aromatic heterocycles. The van der Waals surface area contributed by atoms with Crippen LogP contribution >= 0.6 is 0 Å². The van der Waals surface area contributed by atoms with Gasteiger partial charge in [0.05, 0.1) is 19.2 Å². The van der Waals surface area contributed by atoms with E-state index in [4.69, 9.17) is 18.6 Å². The maximum Gasteiger partial charge on any atom is 0.354 e. The molecule has 0 aliphatic heterocycles. The summed E-state index contributed by atoms with van der Waals surface area (Å²) in [7, 11) is 1.37. The van der Waals surface area contributed by atoms with Crippen molar-refractivity contribution in [1.29, 1.82) is 0 Å². The highest BCUT2D eigenvalue weighted by molar-refractivity contribution is 6.06. The maximum absolute atomic E-state index is 12.5. The van der Waals surface area contributed by atoms with Gasteiger partial charge >= 0.3 is 5.97 Å². The van der Waals surface area contributed by atoms with Gasteiger partial charge < -0.3 is 18.1 Å². The summed E-state index contributed by atoms with van der Waals surface area (Å²) in [5.74, 6) is 0.852. The SMILES string of the molecule is COC(=O)c1cc2oc3ccccc3c2n1Cc1nc(-c2ccccc2C)oc1C. The van der Waals surface area contributed by atoms with E-state index in [2.05, 4.69) is 0 Å². The molecule has 150 valence electrons. The van der Waals surface area contributed by atoms with Gasteiger partial charge in [-0.15, -0.1) is 0 Å². The summed E-state index contributed by atoms with van der Waals surface area (Å²) < 4.78 is 18.8. The number of hydrogen-bond acceptors (Lipinski definition) is 5. The third kappa shape index (κ3) is 2.80. The van der Waals surface area contributed by atoms with Gasteiger partial charge in [0.25, 0.3) is 0 Å². The Morgan fingerprint density at radius 3 is 2.60 bits per heavy atom. The molecule has 0 atom stereocenters. The van der Waals surface area contributed by atoms with E-state index >= 15 is 0 Å². The van der Waals surface area contributed by atoms with Crippen molar-refractivity contribution in [2.45, 2.75) is 20.4 Å². The van der Waals surface area contributed by atoms with E-state index < -0.39 is 5.97 Å². The lowest BCUT2D eigenvalue weighted by Gasteiger charge is -2.08. The molecule has 30 heavy (non-hydrogen) atoms. The molecule has 0 aliphatic carbocycles. The number of aryl methyl sites for hydroxylation is 2. The lowest BCUT2D eigenvalue weighted by Crippen LogP contribution is -2.12. The average Bonchev–Trinajstić information content (AvgIpc) is 3.40. The topological polar surface area (TPSA) is 70.4 Å². The number of carbonyl (C=O) groups excluding carboxylic acids is 1. The molecule has 3 heterocycles. The van der Waals surface area contributed by atoms with Gasteiger partial charge in [0.2, 0.25) is 5.89 Å². The molecule has 0 fully saturated rings. The quantitative estimate of drug-likeness (QED) is 0.373.